The molecule has 0 radical (unpaired) electrons. The first-order valence-electron chi connectivity index (χ1n) is 8.23. The molecule has 23 heavy (non-hydrogen) atoms. The van der Waals surface area contributed by atoms with Crippen LogP contribution in [0.15, 0.2) is 4.99 Å². The van der Waals surface area contributed by atoms with E-state index in [4.69, 9.17) is 4.74 Å². The Kier molecular flexibility index (Phi) is 8.86. The van der Waals surface area contributed by atoms with E-state index in [-0.39, 0.29) is 11.8 Å². The van der Waals surface area contributed by atoms with Crippen LogP contribution in [0.1, 0.15) is 26.2 Å². The molecule has 0 aliphatic heterocycles. The number of guanidine groups is 1. The zero-order chi connectivity index (χ0) is 17.3. The molecule has 2 N–H and O–H groups in total. The fourth-order valence-electron chi connectivity index (χ4n) is 2.33. The normalized spacial score (nSPS) is 17.3. The summed E-state index contributed by atoms with van der Waals surface area (Å²) in [5.74, 6) is 0.901. The third-order valence-electron chi connectivity index (χ3n) is 3.87. The summed E-state index contributed by atoms with van der Waals surface area (Å²) in [4.78, 5) is 6.64. The van der Waals surface area contributed by atoms with Crippen molar-refractivity contribution in [3.63, 3.8) is 0 Å². The van der Waals surface area contributed by atoms with Gasteiger partial charge in [0.1, 0.15) is 9.84 Å². The van der Waals surface area contributed by atoms with Crippen molar-refractivity contribution in [2.75, 3.05) is 52.4 Å². The Morgan fingerprint density at radius 3 is 2.61 bits per heavy atom. The molecule has 1 atom stereocenters. The summed E-state index contributed by atoms with van der Waals surface area (Å²) in [5.41, 5.74) is 0. The van der Waals surface area contributed by atoms with E-state index in [0.717, 1.165) is 26.2 Å². The standard InChI is InChI=1S/C15H32N4O3S/c1-13(7-12-23(4,20)21)18-15(16-2)17-8-9-19(10-11-22-3)14-5-6-14/h13-14H,5-12H2,1-4H3,(H2,16,17,18). The maximum Gasteiger partial charge on any atom is 0.191 e. The molecule has 0 saturated heterocycles. The van der Waals surface area contributed by atoms with Gasteiger partial charge in [0.05, 0.1) is 12.4 Å². The average Bonchev–Trinajstić information content (AvgIpc) is 3.31. The monoisotopic (exact) mass is 348 g/mol. The second-order valence-electron chi connectivity index (χ2n) is 6.22. The van der Waals surface area contributed by atoms with Crippen molar-refractivity contribution in [2.24, 2.45) is 4.99 Å². The van der Waals surface area contributed by atoms with E-state index < -0.39 is 9.84 Å². The molecule has 136 valence electrons. The highest BCUT2D eigenvalue weighted by Gasteiger charge is 2.28. The van der Waals surface area contributed by atoms with Crippen LogP contribution in [-0.4, -0.2) is 83.8 Å². The van der Waals surface area contributed by atoms with Gasteiger partial charge < -0.3 is 15.4 Å². The second kappa shape index (κ2) is 10.1. The summed E-state index contributed by atoms with van der Waals surface area (Å²) in [6.07, 6.45) is 4.39. The van der Waals surface area contributed by atoms with Gasteiger partial charge in [-0.2, -0.15) is 0 Å². The van der Waals surface area contributed by atoms with Crippen LogP contribution in [0.2, 0.25) is 0 Å². The summed E-state index contributed by atoms with van der Waals surface area (Å²) in [7, 11) is 0.533. The van der Waals surface area contributed by atoms with E-state index in [2.05, 4.69) is 20.5 Å². The van der Waals surface area contributed by atoms with E-state index in [1.54, 1.807) is 14.2 Å². The summed E-state index contributed by atoms with van der Waals surface area (Å²) in [6.45, 7) is 5.43. The number of rotatable bonds is 11. The van der Waals surface area contributed by atoms with Crippen LogP contribution in [0, 0.1) is 0 Å². The molecule has 0 aromatic carbocycles. The van der Waals surface area contributed by atoms with Crippen LogP contribution in [0.5, 0.6) is 0 Å². The zero-order valence-electron chi connectivity index (χ0n) is 14.8. The number of sulfone groups is 1. The molecule has 1 saturated carbocycles. The molecule has 0 amide bonds. The highest BCUT2D eigenvalue weighted by molar-refractivity contribution is 7.90. The van der Waals surface area contributed by atoms with Crippen LogP contribution in [0.4, 0.5) is 0 Å². The van der Waals surface area contributed by atoms with Crippen LogP contribution in [-0.2, 0) is 14.6 Å². The topological polar surface area (TPSA) is 83.0 Å². The average molecular weight is 349 g/mol. The molecular formula is C15H32N4O3S. The molecule has 1 aliphatic carbocycles. The predicted octanol–water partition coefficient (Wildman–Crippen LogP) is 0.0854. The van der Waals surface area contributed by atoms with Gasteiger partial charge in [-0.3, -0.25) is 9.89 Å². The summed E-state index contributed by atoms with van der Waals surface area (Å²) >= 11 is 0. The highest BCUT2D eigenvalue weighted by atomic mass is 32.2. The Balaban J connectivity index is 2.27. The van der Waals surface area contributed by atoms with Gasteiger partial charge in [-0.25, -0.2) is 8.42 Å². The largest absolute Gasteiger partial charge is 0.383 e. The molecule has 0 heterocycles. The first-order chi connectivity index (χ1) is 10.9. The van der Waals surface area contributed by atoms with E-state index in [1.807, 2.05) is 6.92 Å². The van der Waals surface area contributed by atoms with Gasteiger partial charge in [-0.1, -0.05) is 0 Å². The van der Waals surface area contributed by atoms with Crippen molar-refractivity contribution in [1.29, 1.82) is 0 Å². The quantitative estimate of drug-likeness (QED) is 0.407. The van der Waals surface area contributed by atoms with Gasteiger partial charge in [-0.05, 0) is 26.2 Å². The minimum Gasteiger partial charge on any atom is -0.383 e. The lowest BCUT2D eigenvalue weighted by molar-refractivity contribution is 0.144. The molecular weight excluding hydrogens is 316 g/mol. The van der Waals surface area contributed by atoms with Crippen LogP contribution in [0.3, 0.4) is 0 Å². The third kappa shape index (κ3) is 9.78. The summed E-state index contributed by atoms with van der Waals surface area (Å²) < 4.78 is 27.6. The van der Waals surface area contributed by atoms with Crippen molar-refractivity contribution in [3.8, 4) is 0 Å². The number of nitrogens with zero attached hydrogens (tertiary/aromatic N) is 2. The third-order valence-corrected chi connectivity index (χ3v) is 4.84. The minimum absolute atomic E-state index is 0.0592. The number of hydrogen-bond donors (Lipinski definition) is 2. The fraction of sp³-hybridized carbons (Fsp3) is 0.933. The number of methoxy groups -OCH3 is 1. The number of hydrogen-bond acceptors (Lipinski definition) is 5. The lowest BCUT2D eigenvalue weighted by atomic mass is 10.3. The van der Waals surface area contributed by atoms with Gasteiger partial charge in [0.2, 0.25) is 0 Å². The van der Waals surface area contributed by atoms with Gasteiger partial charge in [0.25, 0.3) is 0 Å². The second-order valence-corrected chi connectivity index (χ2v) is 8.48. The molecule has 1 fully saturated rings. The SMILES string of the molecule is CN=C(NCCN(CCOC)C1CC1)NC(C)CCS(C)(=O)=O. The first-order valence-corrected chi connectivity index (χ1v) is 10.3. The minimum atomic E-state index is -2.92. The Morgan fingerprint density at radius 1 is 1.39 bits per heavy atom. The smallest absolute Gasteiger partial charge is 0.191 e. The molecule has 1 aliphatic rings. The molecule has 8 heteroatoms. The van der Waals surface area contributed by atoms with Crippen molar-refractivity contribution >= 4 is 15.8 Å². The molecule has 0 bridgehead atoms. The number of ether oxygens (including phenoxy) is 1. The maximum atomic E-state index is 11.2. The molecule has 1 rings (SSSR count). The van der Waals surface area contributed by atoms with Crippen molar-refractivity contribution < 1.29 is 13.2 Å². The molecule has 7 nitrogen and oxygen atoms in total. The maximum absolute atomic E-state index is 11.2. The number of aliphatic imine (C=N–C) groups is 1. The molecule has 1 unspecified atom stereocenters. The van der Waals surface area contributed by atoms with Gasteiger partial charge >= 0.3 is 0 Å². The Morgan fingerprint density at radius 2 is 2.09 bits per heavy atom. The molecule has 0 aromatic rings. The zero-order valence-corrected chi connectivity index (χ0v) is 15.7. The Labute approximate surface area is 140 Å². The first kappa shape index (κ1) is 20.2. The van der Waals surface area contributed by atoms with Crippen LogP contribution in [0.25, 0.3) is 0 Å². The summed E-state index contributed by atoms with van der Waals surface area (Å²) in [6, 6.07) is 0.763. The Hall–Kier alpha value is -0.860. The van der Waals surface area contributed by atoms with E-state index in [1.165, 1.54) is 19.1 Å². The van der Waals surface area contributed by atoms with E-state index >= 15 is 0 Å². The molecule has 0 spiro atoms. The van der Waals surface area contributed by atoms with Crippen molar-refractivity contribution in [3.05, 3.63) is 0 Å². The fourth-order valence-corrected chi connectivity index (χ4v) is 3.12. The van der Waals surface area contributed by atoms with Gasteiger partial charge in [0.15, 0.2) is 5.96 Å². The lowest BCUT2D eigenvalue weighted by Crippen LogP contribution is -2.45. The number of nitrogens with one attached hydrogen (secondary N) is 2. The van der Waals surface area contributed by atoms with E-state index in [9.17, 15) is 8.42 Å². The molecule has 0 aromatic heterocycles. The van der Waals surface area contributed by atoms with Crippen LogP contribution >= 0.6 is 0 Å². The van der Waals surface area contributed by atoms with Crippen LogP contribution < -0.4 is 10.6 Å². The van der Waals surface area contributed by atoms with E-state index in [0.29, 0.717) is 18.4 Å². The van der Waals surface area contributed by atoms with Crippen molar-refractivity contribution in [1.82, 2.24) is 15.5 Å². The highest BCUT2D eigenvalue weighted by Crippen LogP contribution is 2.25. The lowest BCUT2D eigenvalue weighted by Gasteiger charge is -2.23. The van der Waals surface area contributed by atoms with Gasteiger partial charge in [-0.15, -0.1) is 0 Å². The summed E-state index contributed by atoms with van der Waals surface area (Å²) in [5, 5.41) is 6.53. The Bertz CT molecular complexity index is 463. The predicted molar refractivity (Wildman–Crippen MR) is 94.8 cm³/mol. The van der Waals surface area contributed by atoms with Crippen molar-refractivity contribution in [2.45, 2.75) is 38.3 Å². The van der Waals surface area contributed by atoms with Gasteiger partial charge in [0, 0.05) is 52.1 Å².